The molecule has 0 spiro atoms. The summed E-state index contributed by atoms with van der Waals surface area (Å²) in [5, 5.41) is 2.77. The van der Waals surface area contributed by atoms with Gasteiger partial charge in [-0.25, -0.2) is 4.39 Å². The van der Waals surface area contributed by atoms with Crippen LogP contribution in [0.1, 0.15) is 23.2 Å². The third kappa shape index (κ3) is 3.59. The van der Waals surface area contributed by atoms with Crippen LogP contribution in [0.3, 0.4) is 0 Å². The number of hydrogen-bond donors (Lipinski definition) is 1. The molecule has 2 amide bonds. The molecule has 2 heterocycles. The molecule has 1 aromatic heterocycles. The number of rotatable bonds is 3. The quantitative estimate of drug-likeness (QED) is 0.947. The third-order valence-electron chi connectivity index (χ3n) is 3.96. The lowest BCUT2D eigenvalue weighted by molar-refractivity contribution is -0.121. The first-order chi connectivity index (χ1) is 11.1. The van der Waals surface area contributed by atoms with Crippen molar-refractivity contribution in [2.75, 3.05) is 18.4 Å². The third-order valence-corrected chi connectivity index (χ3v) is 3.96. The molecule has 1 aromatic carbocycles. The molecule has 0 radical (unpaired) electrons. The van der Waals surface area contributed by atoms with Gasteiger partial charge in [0, 0.05) is 18.8 Å². The largest absolute Gasteiger partial charge is 0.472 e. The number of benzene rings is 1. The summed E-state index contributed by atoms with van der Waals surface area (Å²) in [6, 6.07) is 7.25. The van der Waals surface area contributed by atoms with E-state index in [1.54, 1.807) is 11.0 Å². The summed E-state index contributed by atoms with van der Waals surface area (Å²) in [7, 11) is 0. The average Bonchev–Trinajstić information content (AvgIpc) is 3.11. The Balaban J connectivity index is 1.62. The van der Waals surface area contributed by atoms with Crippen molar-refractivity contribution in [3.05, 3.63) is 54.2 Å². The van der Waals surface area contributed by atoms with E-state index in [4.69, 9.17) is 4.42 Å². The molecule has 3 rings (SSSR count). The average molecular weight is 316 g/mol. The normalized spacial score (nSPS) is 17.8. The lowest BCUT2D eigenvalue weighted by Crippen LogP contribution is -2.43. The monoisotopic (exact) mass is 316 g/mol. The van der Waals surface area contributed by atoms with Gasteiger partial charge in [-0.05, 0) is 43.2 Å². The second kappa shape index (κ2) is 6.64. The van der Waals surface area contributed by atoms with E-state index in [0.717, 1.165) is 12.8 Å². The number of halogens is 1. The minimum absolute atomic E-state index is 0.127. The SMILES string of the molecule is O=C(Nc1ccc(F)cc1)C1CCCN(C(=O)c2ccoc2)C1. The van der Waals surface area contributed by atoms with E-state index < -0.39 is 0 Å². The summed E-state index contributed by atoms with van der Waals surface area (Å²) in [4.78, 5) is 26.3. The fourth-order valence-corrected chi connectivity index (χ4v) is 2.72. The van der Waals surface area contributed by atoms with Crippen LogP contribution in [0.5, 0.6) is 0 Å². The van der Waals surface area contributed by atoms with Gasteiger partial charge >= 0.3 is 0 Å². The zero-order valence-corrected chi connectivity index (χ0v) is 12.5. The first-order valence-electron chi connectivity index (χ1n) is 7.51. The topological polar surface area (TPSA) is 62.6 Å². The van der Waals surface area contributed by atoms with Crippen molar-refractivity contribution >= 4 is 17.5 Å². The second-order valence-electron chi connectivity index (χ2n) is 5.60. The van der Waals surface area contributed by atoms with Crippen LogP contribution in [0.2, 0.25) is 0 Å². The number of piperidine rings is 1. The van der Waals surface area contributed by atoms with Crippen LogP contribution in [-0.2, 0) is 4.79 Å². The predicted molar refractivity (Wildman–Crippen MR) is 82.4 cm³/mol. The first kappa shape index (κ1) is 15.3. The van der Waals surface area contributed by atoms with Crippen molar-refractivity contribution in [2.24, 2.45) is 5.92 Å². The van der Waals surface area contributed by atoms with Gasteiger partial charge in [-0.15, -0.1) is 0 Å². The Morgan fingerprint density at radius 3 is 2.70 bits per heavy atom. The maximum absolute atomic E-state index is 12.9. The molecule has 1 aliphatic heterocycles. The number of anilines is 1. The van der Waals surface area contributed by atoms with Crippen molar-refractivity contribution in [2.45, 2.75) is 12.8 Å². The van der Waals surface area contributed by atoms with Gasteiger partial charge in [0.05, 0.1) is 17.7 Å². The van der Waals surface area contributed by atoms with E-state index in [-0.39, 0.29) is 23.5 Å². The molecule has 0 saturated carbocycles. The molecule has 1 N–H and O–H groups in total. The number of furan rings is 1. The Kier molecular flexibility index (Phi) is 4.41. The van der Waals surface area contributed by atoms with E-state index in [0.29, 0.717) is 24.3 Å². The summed E-state index contributed by atoms with van der Waals surface area (Å²) in [6.07, 6.45) is 4.35. The van der Waals surface area contributed by atoms with Crippen molar-refractivity contribution in [3.8, 4) is 0 Å². The highest BCUT2D eigenvalue weighted by molar-refractivity contribution is 5.96. The lowest BCUT2D eigenvalue weighted by atomic mass is 9.96. The van der Waals surface area contributed by atoms with Gasteiger partial charge in [0.15, 0.2) is 0 Å². The van der Waals surface area contributed by atoms with E-state index >= 15 is 0 Å². The van der Waals surface area contributed by atoms with Crippen molar-refractivity contribution < 1.29 is 18.4 Å². The van der Waals surface area contributed by atoms with E-state index in [1.165, 1.54) is 36.8 Å². The van der Waals surface area contributed by atoms with Crippen LogP contribution >= 0.6 is 0 Å². The molecule has 0 bridgehead atoms. The highest BCUT2D eigenvalue weighted by atomic mass is 19.1. The molecule has 1 aliphatic rings. The van der Waals surface area contributed by atoms with Crippen LogP contribution < -0.4 is 5.32 Å². The van der Waals surface area contributed by atoms with Gasteiger partial charge < -0.3 is 14.6 Å². The minimum atomic E-state index is -0.349. The Bertz CT molecular complexity index is 682. The fraction of sp³-hybridized carbons (Fsp3) is 0.294. The summed E-state index contributed by atoms with van der Waals surface area (Å²) >= 11 is 0. The molecular formula is C17H17FN2O3. The van der Waals surface area contributed by atoms with Crippen LogP contribution in [0.15, 0.2) is 47.3 Å². The number of amides is 2. The van der Waals surface area contributed by atoms with Gasteiger partial charge in [0.2, 0.25) is 5.91 Å². The van der Waals surface area contributed by atoms with Gasteiger partial charge in [-0.1, -0.05) is 0 Å². The second-order valence-corrected chi connectivity index (χ2v) is 5.60. The van der Waals surface area contributed by atoms with E-state index in [1.807, 2.05) is 0 Å². The fourth-order valence-electron chi connectivity index (χ4n) is 2.72. The molecule has 1 atom stereocenters. The maximum Gasteiger partial charge on any atom is 0.257 e. The van der Waals surface area contributed by atoms with Gasteiger partial charge in [-0.3, -0.25) is 9.59 Å². The molecule has 23 heavy (non-hydrogen) atoms. The van der Waals surface area contributed by atoms with Crippen LogP contribution in [0.25, 0.3) is 0 Å². The standard InChI is InChI=1S/C17H17FN2O3/c18-14-3-5-15(6-4-14)19-16(21)12-2-1-8-20(10-12)17(22)13-7-9-23-11-13/h3-7,9,11-12H,1-2,8,10H2,(H,19,21). The summed E-state index contributed by atoms with van der Waals surface area (Å²) in [5.74, 6) is -0.901. The molecule has 1 unspecified atom stereocenters. The molecular weight excluding hydrogens is 299 g/mol. The van der Waals surface area contributed by atoms with Gasteiger partial charge in [0.25, 0.3) is 5.91 Å². The van der Waals surface area contributed by atoms with Crippen molar-refractivity contribution in [1.82, 2.24) is 4.90 Å². The molecule has 1 fully saturated rings. The highest BCUT2D eigenvalue weighted by Gasteiger charge is 2.29. The smallest absolute Gasteiger partial charge is 0.257 e. The molecule has 1 saturated heterocycles. The Hall–Kier alpha value is -2.63. The molecule has 2 aromatic rings. The zero-order valence-electron chi connectivity index (χ0n) is 12.5. The first-order valence-corrected chi connectivity index (χ1v) is 7.51. The number of carbonyl (C=O) groups is 2. The number of nitrogens with zero attached hydrogens (tertiary/aromatic N) is 1. The molecule has 5 nitrogen and oxygen atoms in total. The number of hydrogen-bond acceptors (Lipinski definition) is 3. The van der Waals surface area contributed by atoms with Crippen molar-refractivity contribution in [1.29, 1.82) is 0 Å². The summed E-state index contributed by atoms with van der Waals surface area (Å²) in [5.41, 5.74) is 1.04. The van der Waals surface area contributed by atoms with E-state index in [9.17, 15) is 14.0 Å². The molecule has 120 valence electrons. The number of carbonyl (C=O) groups excluding carboxylic acids is 2. The molecule has 0 aliphatic carbocycles. The van der Waals surface area contributed by atoms with Gasteiger partial charge in [0.1, 0.15) is 12.1 Å². The lowest BCUT2D eigenvalue weighted by Gasteiger charge is -2.31. The van der Waals surface area contributed by atoms with Crippen LogP contribution in [0.4, 0.5) is 10.1 Å². The van der Waals surface area contributed by atoms with E-state index in [2.05, 4.69) is 5.32 Å². The zero-order chi connectivity index (χ0) is 16.2. The van der Waals surface area contributed by atoms with Crippen LogP contribution in [-0.4, -0.2) is 29.8 Å². The maximum atomic E-state index is 12.9. The Morgan fingerprint density at radius 2 is 2.00 bits per heavy atom. The van der Waals surface area contributed by atoms with Crippen LogP contribution in [0, 0.1) is 11.7 Å². The highest BCUT2D eigenvalue weighted by Crippen LogP contribution is 2.21. The van der Waals surface area contributed by atoms with Gasteiger partial charge in [-0.2, -0.15) is 0 Å². The number of nitrogens with one attached hydrogen (secondary N) is 1. The van der Waals surface area contributed by atoms with Crippen molar-refractivity contribution in [3.63, 3.8) is 0 Å². The number of likely N-dealkylation sites (tertiary alicyclic amines) is 1. The summed E-state index contributed by atoms with van der Waals surface area (Å²) in [6.45, 7) is 1.00. The summed E-state index contributed by atoms with van der Waals surface area (Å²) < 4.78 is 17.8. The predicted octanol–water partition coefficient (Wildman–Crippen LogP) is 2.91. The Labute approximate surface area is 133 Å². The minimum Gasteiger partial charge on any atom is -0.472 e. The molecule has 6 heteroatoms. The Morgan fingerprint density at radius 1 is 1.22 bits per heavy atom.